The summed E-state index contributed by atoms with van der Waals surface area (Å²) >= 11 is 0. The number of aliphatic hydroxyl groups excluding tert-OH is 1. The van der Waals surface area contributed by atoms with E-state index in [1.807, 2.05) is 12.2 Å². The molecule has 0 bridgehead atoms. The van der Waals surface area contributed by atoms with Crippen LogP contribution in [0.1, 0.15) is 0 Å². The van der Waals surface area contributed by atoms with Crippen LogP contribution in [0.15, 0.2) is 35.8 Å². The van der Waals surface area contributed by atoms with Gasteiger partial charge < -0.3 is 14.6 Å². The molecule has 0 fully saturated rings. The van der Waals surface area contributed by atoms with E-state index in [0.29, 0.717) is 18.8 Å². The molecule has 0 amide bonds. The Kier molecular flexibility index (Phi) is 3.41. The van der Waals surface area contributed by atoms with Crippen LogP contribution in [0, 0.1) is 0 Å². The maximum atomic E-state index is 9.27. The number of aliphatic hydroxyl groups is 1. The van der Waals surface area contributed by atoms with E-state index in [-0.39, 0.29) is 5.95 Å². The lowest BCUT2D eigenvalue weighted by atomic mass is 10.3. The monoisotopic (exact) mass is 168 g/mol. The SMILES string of the molecule is COCCOC(O)=C1C=CC=C1. The molecule has 0 spiro atoms. The second-order valence-corrected chi connectivity index (χ2v) is 2.32. The average molecular weight is 168 g/mol. The van der Waals surface area contributed by atoms with Crippen molar-refractivity contribution in [2.75, 3.05) is 20.3 Å². The van der Waals surface area contributed by atoms with Crippen LogP contribution in [0.25, 0.3) is 0 Å². The van der Waals surface area contributed by atoms with Gasteiger partial charge in [-0.3, -0.25) is 0 Å². The van der Waals surface area contributed by atoms with E-state index in [1.54, 1.807) is 19.3 Å². The molecule has 1 rings (SSSR count). The van der Waals surface area contributed by atoms with Gasteiger partial charge in [0.1, 0.15) is 6.61 Å². The molecule has 0 saturated carbocycles. The number of hydrogen-bond acceptors (Lipinski definition) is 3. The van der Waals surface area contributed by atoms with Crippen LogP contribution in [0.3, 0.4) is 0 Å². The highest BCUT2D eigenvalue weighted by Crippen LogP contribution is 2.11. The molecular formula is C9H12O3. The largest absolute Gasteiger partial charge is 0.481 e. The Morgan fingerprint density at radius 3 is 2.58 bits per heavy atom. The predicted molar refractivity (Wildman–Crippen MR) is 45.8 cm³/mol. The fourth-order valence-electron chi connectivity index (χ4n) is 0.822. The van der Waals surface area contributed by atoms with E-state index in [0.717, 1.165) is 0 Å². The molecule has 1 N–H and O–H groups in total. The first-order chi connectivity index (χ1) is 5.84. The molecule has 0 saturated heterocycles. The summed E-state index contributed by atoms with van der Waals surface area (Å²) in [4.78, 5) is 0. The van der Waals surface area contributed by atoms with Crippen LogP contribution in [-0.4, -0.2) is 25.4 Å². The molecule has 0 aromatic carbocycles. The fraction of sp³-hybridized carbons (Fsp3) is 0.333. The molecule has 0 radical (unpaired) electrons. The second kappa shape index (κ2) is 4.62. The first kappa shape index (κ1) is 8.87. The lowest BCUT2D eigenvalue weighted by Crippen LogP contribution is -2.02. The Morgan fingerprint density at radius 1 is 1.33 bits per heavy atom. The van der Waals surface area contributed by atoms with Crippen LogP contribution in [0.5, 0.6) is 0 Å². The van der Waals surface area contributed by atoms with Gasteiger partial charge in [-0.15, -0.1) is 0 Å². The van der Waals surface area contributed by atoms with Crippen LogP contribution < -0.4 is 0 Å². The summed E-state index contributed by atoms with van der Waals surface area (Å²) in [5.41, 5.74) is 0.700. The average Bonchev–Trinajstić information content (AvgIpc) is 2.56. The van der Waals surface area contributed by atoms with Gasteiger partial charge in [-0.2, -0.15) is 0 Å². The van der Waals surface area contributed by atoms with Gasteiger partial charge in [-0.05, 0) is 12.2 Å². The highest BCUT2D eigenvalue weighted by atomic mass is 16.6. The molecule has 0 aromatic heterocycles. The molecule has 0 atom stereocenters. The maximum Gasteiger partial charge on any atom is 0.284 e. The number of hydrogen-bond donors (Lipinski definition) is 1. The summed E-state index contributed by atoms with van der Waals surface area (Å²) < 4.78 is 9.73. The second-order valence-electron chi connectivity index (χ2n) is 2.32. The molecule has 3 nitrogen and oxygen atoms in total. The minimum Gasteiger partial charge on any atom is -0.481 e. The molecular weight excluding hydrogens is 156 g/mol. The summed E-state index contributed by atoms with van der Waals surface area (Å²) in [5, 5.41) is 9.27. The molecule has 66 valence electrons. The quantitative estimate of drug-likeness (QED) is 0.511. The predicted octanol–water partition coefficient (Wildman–Crippen LogP) is 1.55. The molecule has 0 unspecified atom stereocenters. The Bertz CT molecular complexity index is 212. The molecule has 0 aliphatic heterocycles. The Morgan fingerprint density at radius 2 is 2.00 bits per heavy atom. The van der Waals surface area contributed by atoms with Gasteiger partial charge in [0.2, 0.25) is 0 Å². The molecule has 1 aliphatic rings. The van der Waals surface area contributed by atoms with Crippen molar-refractivity contribution >= 4 is 0 Å². The van der Waals surface area contributed by atoms with E-state index in [2.05, 4.69) is 0 Å². The van der Waals surface area contributed by atoms with E-state index in [1.165, 1.54) is 0 Å². The normalized spacial score (nSPS) is 13.9. The van der Waals surface area contributed by atoms with Crippen molar-refractivity contribution in [3.8, 4) is 0 Å². The van der Waals surface area contributed by atoms with Gasteiger partial charge in [0, 0.05) is 7.11 Å². The van der Waals surface area contributed by atoms with Gasteiger partial charge in [-0.1, -0.05) is 12.2 Å². The van der Waals surface area contributed by atoms with Crippen molar-refractivity contribution in [3.63, 3.8) is 0 Å². The van der Waals surface area contributed by atoms with Gasteiger partial charge in [0.25, 0.3) is 5.95 Å². The van der Waals surface area contributed by atoms with E-state index < -0.39 is 0 Å². The highest BCUT2D eigenvalue weighted by Gasteiger charge is 2.02. The number of ether oxygens (including phenoxy) is 2. The van der Waals surface area contributed by atoms with Crippen molar-refractivity contribution in [3.05, 3.63) is 35.8 Å². The molecule has 12 heavy (non-hydrogen) atoms. The molecule has 0 heterocycles. The van der Waals surface area contributed by atoms with Crippen molar-refractivity contribution in [2.45, 2.75) is 0 Å². The summed E-state index contributed by atoms with van der Waals surface area (Å²) in [6.45, 7) is 0.846. The minimum absolute atomic E-state index is 0.0444. The summed E-state index contributed by atoms with van der Waals surface area (Å²) in [6, 6.07) is 0. The first-order valence-corrected chi connectivity index (χ1v) is 3.74. The lowest BCUT2D eigenvalue weighted by molar-refractivity contribution is 0.0504. The van der Waals surface area contributed by atoms with Crippen LogP contribution in [0.2, 0.25) is 0 Å². The lowest BCUT2D eigenvalue weighted by Gasteiger charge is -2.04. The highest BCUT2D eigenvalue weighted by molar-refractivity contribution is 5.40. The summed E-state index contributed by atoms with van der Waals surface area (Å²) in [5.74, 6) is -0.0444. The number of methoxy groups -OCH3 is 1. The maximum absolute atomic E-state index is 9.27. The molecule has 1 aliphatic carbocycles. The van der Waals surface area contributed by atoms with Crippen molar-refractivity contribution in [1.29, 1.82) is 0 Å². The first-order valence-electron chi connectivity index (χ1n) is 3.74. The van der Waals surface area contributed by atoms with Crippen LogP contribution >= 0.6 is 0 Å². The van der Waals surface area contributed by atoms with Gasteiger partial charge in [-0.25, -0.2) is 0 Å². The number of rotatable bonds is 4. The van der Waals surface area contributed by atoms with Crippen molar-refractivity contribution < 1.29 is 14.6 Å². The van der Waals surface area contributed by atoms with Crippen LogP contribution in [-0.2, 0) is 9.47 Å². The Balaban J connectivity index is 2.36. The smallest absolute Gasteiger partial charge is 0.284 e. The standard InChI is InChI=1S/C9H12O3/c1-11-6-7-12-9(10)8-4-2-3-5-8/h2-5,10H,6-7H2,1H3. The summed E-state index contributed by atoms with van der Waals surface area (Å²) in [6.07, 6.45) is 7.24. The van der Waals surface area contributed by atoms with Crippen LogP contribution in [0.4, 0.5) is 0 Å². The van der Waals surface area contributed by atoms with E-state index in [9.17, 15) is 5.11 Å². The minimum atomic E-state index is -0.0444. The van der Waals surface area contributed by atoms with E-state index >= 15 is 0 Å². The Hall–Kier alpha value is -1.22. The third kappa shape index (κ3) is 2.43. The third-order valence-corrected chi connectivity index (χ3v) is 1.44. The van der Waals surface area contributed by atoms with Gasteiger partial charge >= 0.3 is 0 Å². The zero-order chi connectivity index (χ0) is 8.81. The summed E-state index contributed by atoms with van der Waals surface area (Å²) in [7, 11) is 1.59. The molecule has 3 heteroatoms. The number of allylic oxidation sites excluding steroid dienone is 5. The zero-order valence-electron chi connectivity index (χ0n) is 6.99. The van der Waals surface area contributed by atoms with Crippen molar-refractivity contribution in [1.82, 2.24) is 0 Å². The van der Waals surface area contributed by atoms with Gasteiger partial charge in [0.15, 0.2) is 0 Å². The molecule has 0 aromatic rings. The third-order valence-electron chi connectivity index (χ3n) is 1.44. The topological polar surface area (TPSA) is 38.7 Å². The van der Waals surface area contributed by atoms with Crippen molar-refractivity contribution in [2.24, 2.45) is 0 Å². The van der Waals surface area contributed by atoms with E-state index in [4.69, 9.17) is 9.47 Å². The van der Waals surface area contributed by atoms with Gasteiger partial charge in [0.05, 0.1) is 12.2 Å². The fourth-order valence-corrected chi connectivity index (χ4v) is 0.822. The Labute approximate surface area is 71.6 Å². The zero-order valence-corrected chi connectivity index (χ0v) is 6.99.